The Bertz CT molecular complexity index is 453. The van der Waals surface area contributed by atoms with Crippen LogP contribution in [0.1, 0.15) is 16.4 Å². The Morgan fingerprint density at radius 3 is 2.88 bits per heavy atom. The number of pyridine rings is 1. The van der Waals surface area contributed by atoms with Gasteiger partial charge in [-0.05, 0) is 19.1 Å². The van der Waals surface area contributed by atoms with E-state index in [1.165, 1.54) is 0 Å². The molecule has 84 valence electrons. The average Bonchev–Trinajstić information content (AvgIpc) is 2.67. The Hall–Kier alpha value is -0.970. The number of nitrogens with zero attached hydrogens (tertiary/aromatic N) is 2. The van der Waals surface area contributed by atoms with E-state index >= 15 is 0 Å². The topological polar surface area (TPSA) is 37.8 Å². The maximum Gasteiger partial charge on any atom is 0.107 e. The molecule has 0 fully saturated rings. The highest BCUT2D eigenvalue weighted by molar-refractivity contribution is 7.09. The molecule has 0 amide bonds. The van der Waals surface area contributed by atoms with Gasteiger partial charge < -0.3 is 5.32 Å². The highest BCUT2D eigenvalue weighted by Crippen LogP contribution is 2.09. The second kappa shape index (κ2) is 5.39. The zero-order chi connectivity index (χ0) is 11.4. The van der Waals surface area contributed by atoms with Crippen molar-refractivity contribution in [2.45, 2.75) is 20.0 Å². The Kier molecular flexibility index (Phi) is 3.88. The summed E-state index contributed by atoms with van der Waals surface area (Å²) in [6.07, 6.45) is 1.66. The predicted octanol–water partition coefficient (Wildman–Crippen LogP) is 2.79. The molecule has 0 aromatic carbocycles. The average molecular weight is 254 g/mol. The fourth-order valence-corrected chi connectivity index (χ4v) is 2.15. The molecule has 2 aromatic rings. The molecule has 3 nitrogen and oxygen atoms in total. The van der Waals surface area contributed by atoms with E-state index in [1.54, 1.807) is 17.5 Å². The first-order valence-electron chi connectivity index (χ1n) is 4.96. The van der Waals surface area contributed by atoms with E-state index < -0.39 is 0 Å². The first-order chi connectivity index (χ1) is 7.74. The van der Waals surface area contributed by atoms with Crippen molar-refractivity contribution in [3.63, 3.8) is 0 Å². The Morgan fingerprint density at radius 1 is 1.38 bits per heavy atom. The second-order valence-electron chi connectivity index (χ2n) is 3.45. The summed E-state index contributed by atoms with van der Waals surface area (Å²) in [5.74, 6) is 0. The minimum atomic E-state index is 0.666. The van der Waals surface area contributed by atoms with E-state index in [0.29, 0.717) is 5.02 Å². The number of halogens is 1. The van der Waals surface area contributed by atoms with Crippen molar-refractivity contribution in [2.75, 3.05) is 0 Å². The molecular weight excluding hydrogens is 242 g/mol. The number of thiazole rings is 1. The van der Waals surface area contributed by atoms with E-state index in [1.807, 2.05) is 19.1 Å². The molecule has 0 saturated heterocycles. The van der Waals surface area contributed by atoms with Crippen molar-refractivity contribution < 1.29 is 0 Å². The minimum absolute atomic E-state index is 0.666. The molecule has 2 aromatic heterocycles. The van der Waals surface area contributed by atoms with E-state index in [2.05, 4.69) is 20.7 Å². The molecule has 0 radical (unpaired) electrons. The summed E-state index contributed by atoms with van der Waals surface area (Å²) in [5.41, 5.74) is 2.06. The lowest BCUT2D eigenvalue weighted by molar-refractivity contribution is 0.676. The Morgan fingerprint density at radius 2 is 2.25 bits per heavy atom. The van der Waals surface area contributed by atoms with Crippen LogP contribution >= 0.6 is 22.9 Å². The van der Waals surface area contributed by atoms with Crippen molar-refractivity contribution in [3.05, 3.63) is 45.1 Å². The van der Waals surface area contributed by atoms with E-state index in [4.69, 9.17) is 11.6 Å². The third-order valence-corrected chi connectivity index (χ3v) is 3.23. The van der Waals surface area contributed by atoms with Gasteiger partial charge in [0.2, 0.25) is 0 Å². The highest BCUT2D eigenvalue weighted by atomic mass is 35.5. The van der Waals surface area contributed by atoms with Crippen molar-refractivity contribution in [1.82, 2.24) is 15.3 Å². The third-order valence-electron chi connectivity index (χ3n) is 2.04. The van der Waals surface area contributed by atoms with Crippen LogP contribution in [0.15, 0.2) is 23.7 Å². The van der Waals surface area contributed by atoms with Gasteiger partial charge in [0.05, 0.1) is 10.7 Å². The van der Waals surface area contributed by atoms with Gasteiger partial charge in [-0.2, -0.15) is 0 Å². The molecule has 5 heteroatoms. The first-order valence-corrected chi connectivity index (χ1v) is 6.22. The van der Waals surface area contributed by atoms with Gasteiger partial charge in [-0.1, -0.05) is 11.6 Å². The van der Waals surface area contributed by atoms with Gasteiger partial charge in [0.25, 0.3) is 0 Å². The van der Waals surface area contributed by atoms with E-state index in [-0.39, 0.29) is 0 Å². The Balaban J connectivity index is 1.82. The summed E-state index contributed by atoms with van der Waals surface area (Å²) in [6.45, 7) is 3.51. The van der Waals surface area contributed by atoms with E-state index in [9.17, 15) is 0 Å². The second-order valence-corrected chi connectivity index (χ2v) is 4.83. The summed E-state index contributed by atoms with van der Waals surface area (Å²) in [5, 5.41) is 7.12. The van der Waals surface area contributed by atoms with Crippen LogP contribution in [0.5, 0.6) is 0 Å². The van der Waals surface area contributed by atoms with Crippen LogP contribution in [0, 0.1) is 6.92 Å². The first kappa shape index (κ1) is 11.5. The quantitative estimate of drug-likeness (QED) is 0.911. The molecule has 0 aliphatic heterocycles. The Labute approximate surface area is 104 Å². The number of nitrogens with one attached hydrogen (secondary N) is 1. The molecule has 0 aliphatic rings. The molecule has 0 aliphatic carbocycles. The zero-order valence-electron chi connectivity index (χ0n) is 8.90. The molecule has 0 saturated carbocycles. The maximum atomic E-state index is 5.75. The lowest BCUT2D eigenvalue weighted by Crippen LogP contribution is -2.13. The smallest absolute Gasteiger partial charge is 0.107 e. The zero-order valence-corrected chi connectivity index (χ0v) is 10.5. The molecule has 0 spiro atoms. The van der Waals surface area contributed by atoms with Crippen LogP contribution < -0.4 is 5.32 Å². The normalized spacial score (nSPS) is 10.6. The monoisotopic (exact) mass is 253 g/mol. The van der Waals surface area contributed by atoms with Crippen molar-refractivity contribution in [2.24, 2.45) is 0 Å². The summed E-state index contributed by atoms with van der Waals surface area (Å²) < 4.78 is 0. The molecule has 1 N–H and O–H groups in total. The highest BCUT2D eigenvalue weighted by Gasteiger charge is 1.99. The van der Waals surface area contributed by atoms with Crippen LogP contribution in [0.4, 0.5) is 0 Å². The largest absolute Gasteiger partial charge is 0.305 e. The molecule has 0 atom stereocenters. The van der Waals surface area contributed by atoms with Crippen LogP contribution in [0.3, 0.4) is 0 Å². The number of aromatic nitrogens is 2. The minimum Gasteiger partial charge on any atom is -0.305 e. The molecule has 16 heavy (non-hydrogen) atoms. The third kappa shape index (κ3) is 3.27. The van der Waals surface area contributed by atoms with Gasteiger partial charge in [0.15, 0.2) is 0 Å². The number of rotatable bonds is 4. The summed E-state index contributed by atoms with van der Waals surface area (Å²) >= 11 is 7.43. The standard InChI is InChI=1S/C11H12ClN3S/c1-8-7-16-11(15-8)6-13-5-10-3-2-9(12)4-14-10/h2-4,7,13H,5-6H2,1H3. The lowest BCUT2D eigenvalue weighted by atomic mass is 10.3. The van der Waals surface area contributed by atoms with Gasteiger partial charge in [-0.25, -0.2) is 4.98 Å². The van der Waals surface area contributed by atoms with Crippen LogP contribution in [-0.4, -0.2) is 9.97 Å². The van der Waals surface area contributed by atoms with Gasteiger partial charge in [-0.3, -0.25) is 4.98 Å². The lowest BCUT2D eigenvalue weighted by Gasteiger charge is -2.01. The van der Waals surface area contributed by atoms with Crippen molar-refractivity contribution in [1.29, 1.82) is 0 Å². The molecule has 2 rings (SSSR count). The van der Waals surface area contributed by atoms with Gasteiger partial charge >= 0.3 is 0 Å². The number of aryl methyl sites for hydroxylation is 1. The number of hydrogen-bond donors (Lipinski definition) is 1. The van der Waals surface area contributed by atoms with Gasteiger partial charge in [0.1, 0.15) is 5.01 Å². The van der Waals surface area contributed by atoms with Crippen LogP contribution in [0.2, 0.25) is 5.02 Å². The van der Waals surface area contributed by atoms with Gasteiger partial charge in [0, 0.05) is 30.4 Å². The van der Waals surface area contributed by atoms with Crippen LogP contribution in [0.25, 0.3) is 0 Å². The molecular formula is C11H12ClN3S. The van der Waals surface area contributed by atoms with Crippen molar-refractivity contribution in [3.8, 4) is 0 Å². The van der Waals surface area contributed by atoms with Gasteiger partial charge in [-0.15, -0.1) is 11.3 Å². The van der Waals surface area contributed by atoms with Crippen LogP contribution in [-0.2, 0) is 13.1 Å². The summed E-state index contributed by atoms with van der Waals surface area (Å²) in [6, 6.07) is 3.77. The fraction of sp³-hybridized carbons (Fsp3) is 0.273. The molecule has 2 heterocycles. The van der Waals surface area contributed by atoms with E-state index in [0.717, 1.165) is 29.5 Å². The summed E-state index contributed by atoms with van der Waals surface area (Å²) in [4.78, 5) is 8.57. The molecule has 0 bridgehead atoms. The predicted molar refractivity (Wildman–Crippen MR) is 66.6 cm³/mol. The number of hydrogen-bond acceptors (Lipinski definition) is 4. The fourth-order valence-electron chi connectivity index (χ4n) is 1.29. The van der Waals surface area contributed by atoms with Crippen molar-refractivity contribution >= 4 is 22.9 Å². The maximum absolute atomic E-state index is 5.75. The summed E-state index contributed by atoms with van der Waals surface area (Å²) in [7, 11) is 0. The molecule has 0 unspecified atom stereocenters. The SMILES string of the molecule is Cc1csc(CNCc2ccc(Cl)cn2)n1.